The summed E-state index contributed by atoms with van der Waals surface area (Å²) in [5.74, 6) is 0.255. The number of Topliss-reactive ketones (excluding diaryl/α,β-unsaturated/α-hetero) is 1. The van der Waals surface area contributed by atoms with E-state index in [1.54, 1.807) is 11.3 Å². The molecule has 0 unspecified atom stereocenters. The third-order valence-corrected chi connectivity index (χ3v) is 3.83. The fraction of sp³-hybridized carbons (Fsp3) is 0.154. The number of rotatable bonds is 4. The van der Waals surface area contributed by atoms with Gasteiger partial charge in [0.1, 0.15) is 5.78 Å². The third-order valence-electron chi connectivity index (χ3n) is 2.33. The van der Waals surface area contributed by atoms with E-state index in [0.717, 1.165) is 15.6 Å². The van der Waals surface area contributed by atoms with E-state index in [1.165, 1.54) is 0 Å². The fourth-order valence-electron chi connectivity index (χ4n) is 1.54. The highest BCUT2D eigenvalue weighted by Crippen LogP contribution is 2.17. The predicted molar refractivity (Wildman–Crippen MR) is 70.9 cm³/mol. The van der Waals surface area contributed by atoms with Crippen LogP contribution in [0.15, 0.2) is 45.6 Å². The van der Waals surface area contributed by atoms with Crippen LogP contribution in [0, 0.1) is 0 Å². The Labute approximate surface area is 107 Å². The average molecular weight is 295 g/mol. The van der Waals surface area contributed by atoms with Gasteiger partial charge in [0, 0.05) is 17.3 Å². The molecule has 0 atom stereocenters. The molecule has 1 heterocycles. The molecule has 0 spiro atoms. The quantitative estimate of drug-likeness (QED) is 0.837. The topological polar surface area (TPSA) is 17.1 Å². The minimum Gasteiger partial charge on any atom is -0.299 e. The van der Waals surface area contributed by atoms with Gasteiger partial charge in [-0.15, -0.1) is 0 Å². The molecule has 2 rings (SSSR count). The number of carbonyl (C=O) groups is 1. The largest absolute Gasteiger partial charge is 0.299 e. The van der Waals surface area contributed by atoms with Crippen molar-refractivity contribution in [2.45, 2.75) is 12.8 Å². The first-order chi connectivity index (χ1) is 7.75. The van der Waals surface area contributed by atoms with Crippen molar-refractivity contribution in [3.63, 3.8) is 0 Å². The van der Waals surface area contributed by atoms with Crippen LogP contribution in [0.4, 0.5) is 0 Å². The first kappa shape index (κ1) is 11.6. The Kier molecular flexibility index (Phi) is 3.91. The van der Waals surface area contributed by atoms with Gasteiger partial charge in [0.25, 0.3) is 0 Å². The molecule has 0 radical (unpaired) electrons. The van der Waals surface area contributed by atoms with E-state index >= 15 is 0 Å². The lowest BCUT2D eigenvalue weighted by Crippen LogP contribution is -2.06. The molecule has 16 heavy (non-hydrogen) atoms. The molecule has 0 aliphatic heterocycles. The van der Waals surface area contributed by atoms with Crippen molar-refractivity contribution < 1.29 is 4.79 Å². The molecule has 0 amide bonds. The second kappa shape index (κ2) is 5.41. The average Bonchev–Trinajstić information content (AvgIpc) is 2.74. The number of ketones is 1. The number of carbonyl (C=O) groups excluding carboxylic acids is 1. The van der Waals surface area contributed by atoms with E-state index in [9.17, 15) is 4.79 Å². The van der Waals surface area contributed by atoms with Crippen LogP contribution in [0.3, 0.4) is 0 Å². The molecule has 1 aromatic heterocycles. The van der Waals surface area contributed by atoms with Gasteiger partial charge in [-0.1, -0.05) is 34.1 Å². The van der Waals surface area contributed by atoms with Crippen molar-refractivity contribution >= 4 is 33.0 Å². The van der Waals surface area contributed by atoms with E-state index in [0.29, 0.717) is 12.8 Å². The van der Waals surface area contributed by atoms with Gasteiger partial charge in [-0.25, -0.2) is 0 Å². The maximum atomic E-state index is 11.8. The predicted octanol–water partition coefficient (Wildman–Crippen LogP) is 3.86. The zero-order chi connectivity index (χ0) is 11.4. The Morgan fingerprint density at radius 2 is 2.00 bits per heavy atom. The highest BCUT2D eigenvalue weighted by Gasteiger charge is 2.07. The van der Waals surface area contributed by atoms with E-state index in [4.69, 9.17) is 0 Å². The van der Waals surface area contributed by atoms with Crippen LogP contribution < -0.4 is 0 Å². The second-order valence-corrected chi connectivity index (χ2v) is 5.25. The van der Waals surface area contributed by atoms with Crippen LogP contribution in [-0.2, 0) is 17.6 Å². The lowest BCUT2D eigenvalue weighted by Gasteiger charge is -2.02. The smallest absolute Gasteiger partial charge is 0.141 e. The van der Waals surface area contributed by atoms with Crippen molar-refractivity contribution in [2.24, 2.45) is 0 Å². The minimum absolute atomic E-state index is 0.255. The van der Waals surface area contributed by atoms with Crippen molar-refractivity contribution in [1.29, 1.82) is 0 Å². The SMILES string of the molecule is O=C(Cc1ccsc1)Cc1ccccc1Br. The van der Waals surface area contributed by atoms with Crippen molar-refractivity contribution in [3.8, 4) is 0 Å². The van der Waals surface area contributed by atoms with Crippen LogP contribution in [0.2, 0.25) is 0 Å². The highest BCUT2D eigenvalue weighted by atomic mass is 79.9. The van der Waals surface area contributed by atoms with Gasteiger partial charge >= 0.3 is 0 Å². The molecular formula is C13H11BrOS. The lowest BCUT2D eigenvalue weighted by molar-refractivity contribution is -0.117. The normalized spacial score (nSPS) is 10.3. The molecule has 82 valence electrons. The molecule has 1 aromatic carbocycles. The van der Waals surface area contributed by atoms with Gasteiger partial charge in [0.2, 0.25) is 0 Å². The molecule has 1 nitrogen and oxygen atoms in total. The number of hydrogen-bond acceptors (Lipinski definition) is 2. The molecule has 2 aromatic rings. The molecule has 0 aliphatic rings. The molecule has 0 saturated carbocycles. The Hall–Kier alpha value is -0.930. The zero-order valence-corrected chi connectivity index (χ0v) is 11.1. The van der Waals surface area contributed by atoms with Gasteiger partial charge in [0.15, 0.2) is 0 Å². The maximum Gasteiger partial charge on any atom is 0.141 e. The molecule has 0 saturated heterocycles. The van der Waals surface area contributed by atoms with E-state index in [1.807, 2.05) is 41.1 Å². The summed E-state index contributed by atoms with van der Waals surface area (Å²) in [7, 11) is 0. The molecule has 3 heteroatoms. The summed E-state index contributed by atoms with van der Waals surface area (Å²) in [5, 5.41) is 4.03. The van der Waals surface area contributed by atoms with Crippen LogP contribution in [-0.4, -0.2) is 5.78 Å². The first-order valence-corrected chi connectivity index (χ1v) is 6.75. The lowest BCUT2D eigenvalue weighted by atomic mass is 10.0. The van der Waals surface area contributed by atoms with Gasteiger partial charge in [-0.3, -0.25) is 4.79 Å². The molecule has 0 bridgehead atoms. The first-order valence-electron chi connectivity index (χ1n) is 5.02. The minimum atomic E-state index is 0.255. The summed E-state index contributed by atoms with van der Waals surface area (Å²) in [6, 6.07) is 9.86. The molecule has 0 N–H and O–H groups in total. The second-order valence-electron chi connectivity index (χ2n) is 3.62. The van der Waals surface area contributed by atoms with E-state index < -0.39 is 0 Å². The van der Waals surface area contributed by atoms with Crippen LogP contribution >= 0.6 is 27.3 Å². The summed E-state index contributed by atoms with van der Waals surface area (Å²) in [6.45, 7) is 0. The van der Waals surface area contributed by atoms with Crippen molar-refractivity contribution in [3.05, 3.63) is 56.7 Å². The third kappa shape index (κ3) is 3.03. The standard InChI is InChI=1S/C13H11BrOS/c14-13-4-2-1-3-11(13)8-12(15)7-10-5-6-16-9-10/h1-6,9H,7-8H2. The number of benzene rings is 1. The molecule has 0 aliphatic carbocycles. The molecular weight excluding hydrogens is 284 g/mol. The number of thiophene rings is 1. The number of hydrogen-bond donors (Lipinski definition) is 0. The van der Waals surface area contributed by atoms with Gasteiger partial charge in [-0.05, 0) is 34.0 Å². The number of halogens is 1. The maximum absolute atomic E-state index is 11.8. The summed E-state index contributed by atoms with van der Waals surface area (Å²) in [6.07, 6.45) is 1.03. The Bertz CT molecular complexity index is 476. The Morgan fingerprint density at radius 1 is 1.19 bits per heavy atom. The summed E-state index contributed by atoms with van der Waals surface area (Å²) in [4.78, 5) is 11.8. The highest BCUT2D eigenvalue weighted by molar-refractivity contribution is 9.10. The summed E-state index contributed by atoms with van der Waals surface area (Å²) < 4.78 is 1.01. The Morgan fingerprint density at radius 3 is 2.69 bits per heavy atom. The van der Waals surface area contributed by atoms with Crippen LogP contribution in [0.1, 0.15) is 11.1 Å². The fourth-order valence-corrected chi connectivity index (χ4v) is 2.63. The summed E-state index contributed by atoms with van der Waals surface area (Å²) >= 11 is 5.08. The summed E-state index contributed by atoms with van der Waals surface area (Å²) in [5.41, 5.74) is 2.17. The Balaban J connectivity index is 2.00. The van der Waals surface area contributed by atoms with Gasteiger partial charge in [-0.2, -0.15) is 11.3 Å². The molecule has 0 fully saturated rings. The van der Waals surface area contributed by atoms with Crippen molar-refractivity contribution in [1.82, 2.24) is 0 Å². The van der Waals surface area contributed by atoms with Crippen LogP contribution in [0.25, 0.3) is 0 Å². The van der Waals surface area contributed by atoms with Crippen LogP contribution in [0.5, 0.6) is 0 Å². The van der Waals surface area contributed by atoms with E-state index in [2.05, 4.69) is 15.9 Å². The van der Waals surface area contributed by atoms with Crippen molar-refractivity contribution in [2.75, 3.05) is 0 Å². The zero-order valence-electron chi connectivity index (χ0n) is 8.65. The van der Waals surface area contributed by atoms with Gasteiger partial charge < -0.3 is 0 Å². The van der Waals surface area contributed by atoms with Gasteiger partial charge in [0.05, 0.1) is 0 Å². The van der Waals surface area contributed by atoms with E-state index in [-0.39, 0.29) is 5.78 Å². The monoisotopic (exact) mass is 294 g/mol.